The average molecular weight is 440 g/mol. The predicted molar refractivity (Wildman–Crippen MR) is 105 cm³/mol. The van der Waals surface area contributed by atoms with Crippen LogP contribution in [0.2, 0.25) is 5.02 Å². The van der Waals surface area contributed by atoms with Crippen molar-refractivity contribution in [1.82, 2.24) is 20.8 Å². The average Bonchev–Trinajstić information content (AvgIpc) is 3.17. The molecule has 0 bridgehead atoms. The molecular weight excluding hydrogens is 423 g/mol. The highest BCUT2D eigenvalue weighted by Gasteiger charge is 2.31. The number of benzene rings is 2. The highest BCUT2D eigenvalue weighted by atomic mass is 35.5. The van der Waals surface area contributed by atoms with Crippen molar-refractivity contribution in [3.63, 3.8) is 0 Å². The first-order valence-corrected chi connectivity index (χ1v) is 9.08. The Balaban J connectivity index is 1.58. The Hall–Kier alpha value is -3.27. The smallest absolute Gasteiger partial charge is 0.405 e. The molecule has 3 aromatic rings. The van der Waals surface area contributed by atoms with Crippen LogP contribution >= 0.6 is 11.6 Å². The van der Waals surface area contributed by atoms with E-state index in [9.17, 15) is 13.2 Å². The molecule has 0 unspecified atom stereocenters. The minimum absolute atomic E-state index is 0.0591. The summed E-state index contributed by atoms with van der Waals surface area (Å²) in [5.41, 5.74) is 1.03. The van der Waals surface area contributed by atoms with Crippen LogP contribution in [0.3, 0.4) is 0 Å². The van der Waals surface area contributed by atoms with Gasteiger partial charge >= 0.3 is 6.36 Å². The molecule has 0 amide bonds. The zero-order valence-corrected chi connectivity index (χ0v) is 16.5. The maximum absolute atomic E-state index is 12.5. The van der Waals surface area contributed by atoms with Crippen LogP contribution in [-0.4, -0.2) is 29.5 Å². The quantitative estimate of drug-likeness (QED) is 0.443. The number of alkyl halides is 3. The van der Waals surface area contributed by atoms with Gasteiger partial charge in [0.25, 0.3) is 0 Å². The Labute approximate surface area is 174 Å². The molecule has 0 saturated heterocycles. The van der Waals surface area contributed by atoms with Crippen LogP contribution in [0.4, 0.5) is 13.2 Å². The first kappa shape index (κ1) is 21.4. The van der Waals surface area contributed by atoms with Gasteiger partial charge in [-0.15, -0.1) is 13.2 Å². The summed E-state index contributed by atoms with van der Waals surface area (Å²) < 4.78 is 46.8. The van der Waals surface area contributed by atoms with Crippen molar-refractivity contribution in [3.05, 3.63) is 65.0 Å². The second-order valence-electron chi connectivity index (χ2n) is 5.96. The van der Waals surface area contributed by atoms with Gasteiger partial charge in [-0.05, 0) is 18.2 Å². The van der Waals surface area contributed by atoms with Crippen molar-refractivity contribution in [2.24, 2.45) is 4.99 Å². The predicted octanol–water partition coefficient (Wildman–Crippen LogP) is 4.15. The zero-order valence-electron chi connectivity index (χ0n) is 15.7. The Morgan fingerprint density at radius 2 is 1.90 bits per heavy atom. The molecule has 0 radical (unpaired) electrons. The number of para-hydroxylation sites is 1. The number of hydrogen-bond donors (Lipinski definition) is 2. The molecule has 2 N–H and O–H groups in total. The SMILES string of the molecule is CN=C(NCc1nc(-c2cccc(Cl)c2)no1)NCc1ccccc1OC(F)(F)F. The summed E-state index contributed by atoms with van der Waals surface area (Å²) >= 11 is 5.96. The van der Waals surface area contributed by atoms with Gasteiger partial charge in [0.2, 0.25) is 11.7 Å². The van der Waals surface area contributed by atoms with Gasteiger partial charge in [-0.2, -0.15) is 4.98 Å². The number of hydrogen-bond acceptors (Lipinski definition) is 5. The number of rotatable bonds is 6. The Kier molecular flexibility index (Phi) is 6.78. The topological polar surface area (TPSA) is 84.6 Å². The lowest BCUT2D eigenvalue weighted by Crippen LogP contribution is -2.36. The summed E-state index contributed by atoms with van der Waals surface area (Å²) in [6.45, 7) is 0.220. The van der Waals surface area contributed by atoms with E-state index in [-0.39, 0.29) is 18.8 Å². The van der Waals surface area contributed by atoms with E-state index in [1.807, 2.05) is 0 Å². The van der Waals surface area contributed by atoms with E-state index < -0.39 is 6.36 Å². The van der Waals surface area contributed by atoms with E-state index in [0.29, 0.717) is 33.8 Å². The highest BCUT2D eigenvalue weighted by Crippen LogP contribution is 2.26. The number of guanidine groups is 1. The minimum Gasteiger partial charge on any atom is -0.405 e. The number of ether oxygens (including phenoxy) is 1. The van der Waals surface area contributed by atoms with Crippen LogP contribution in [0.1, 0.15) is 11.5 Å². The molecule has 11 heteroatoms. The standard InChI is InChI=1S/C19H17ClF3N5O2/c1-24-18(25-10-13-5-2-3-8-15(13)29-19(21,22)23)26-11-16-27-17(28-30-16)12-6-4-7-14(20)9-12/h2-9H,10-11H2,1H3,(H2,24,25,26). The van der Waals surface area contributed by atoms with Gasteiger partial charge in [0.05, 0.1) is 6.54 Å². The molecule has 0 aliphatic heterocycles. The molecule has 2 aromatic carbocycles. The van der Waals surface area contributed by atoms with Crippen LogP contribution in [0, 0.1) is 0 Å². The van der Waals surface area contributed by atoms with Crippen LogP contribution in [0.5, 0.6) is 5.75 Å². The van der Waals surface area contributed by atoms with E-state index in [0.717, 1.165) is 0 Å². The largest absolute Gasteiger partial charge is 0.573 e. The number of aromatic nitrogens is 2. The molecule has 0 aliphatic rings. The fourth-order valence-electron chi connectivity index (χ4n) is 2.50. The summed E-state index contributed by atoms with van der Waals surface area (Å²) in [4.78, 5) is 8.30. The molecule has 0 spiro atoms. The molecule has 1 aromatic heterocycles. The first-order valence-electron chi connectivity index (χ1n) is 8.71. The van der Waals surface area contributed by atoms with Gasteiger partial charge in [0.15, 0.2) is 5.96 Å². The molecular formula is C19H17ClF3N5O2. The zero-order chi connectivity index (χ0) is 21.6. The number of aliphatic imine (C=N–C) groups is 1. The van der Waals surface area contributed by atoms with Gasteiger partial charge in [-0.25, -0.2) is 0 Å². The molecule has 7 nitrogen and oxygen atoms in total. The maximum atomic E-state index is 12.5. The highest BCUT2D eigenvalue weighted by molar-refractivity contribution is 6.30. The first-order chi connectivity index (χ1) is 14.3. The van der Waals surface area contributed by atoms with Crippen molar-refractivity contribution >= 4 is 17.6 Å². The lowest BCUT2D eigenvalue weighted by molar-refractivity contribution is -0.274. The molecule has 30 heavy (non-hydrogen) atoms. The monoisotopic (exact) mass is 439 g/mol. The third kappa shape index (κ3) is 6.11. The summed E-state index contributed by atoms with van der Waals surface area (Å²) in [6, 6.07) is 12.9. The van der Waals surface area contributed by atoms with Crippen molar-refractivity contribution < 1.29 is 22.4 Å². The van der Waals surface area contributed by atoms with E-state index in [1.165, 1.54) is 25.2 Å². The Morgan fingerprint density at radius 3 is 2.63 bits per heavy atom. The Bertz CT molecular complexity index is 1020. The summed E-state index contributed by atoms with van der Waals surface area (Å²) in [7, 11) is 1.53. The fraction of sp³-hybridized carbons (Fsp3) is 0.211. The third-order valence-corrected chi connectivity index (χ3v) is 4.06. The molecule has 0 aliphatic carbocycles. The van der Waals surface area contributed by atoms with Gasteiger partial charge in [0.1, 0.15) is 5.75 Å². The van der Waals surface area contributed by atoms with Gasteiger partial charge in [0, 0.05) is 29.7 Å². The fourth-order valence-corrected chi connectivity index (χ4v) is 2.69. The van der Waals surface area contributed by atoms with E-state index in [2.05, 4.69) is 30.5 Å². The third-order valence-electron chi connectivity index (χ3n) is 3.83. The minimum atomic E-state index is -4.77. The van der Waals surface area contributed by atoms with Crippen molar-refractivity contribution in [1.29, 1.82) is 0 Å². The van der Waals surface area contributed by atoms with Crippen LogP contribution < -0.4 is 15.4 Å². The van der Waals surface area contributed by atoms with Gasteiger partial charge in [-0.3, -0.25) is 4.99 Å². The molecule has 1 heterocycles. The number of halogens is 4. The van der Waals surface area contributed by atoms with E-state index in [1.54, 1.807) is 30.3 Å². The van der Waals surface area contributed by atoms with Gasteiger partial charge in [-0.1, -0.05) is 47.1 Å². The molecule has 158 valence electrons. The van der Waals surface area contributed by atoms with Crippen LogP contribution in [0.25, 0.3) is 11.4 Å². The van der Waals surface area contributed by atoms with Crippen molar-refractivity contribution in [2.75, 3.05) is 7.05 Å². The van der Waals surface area contributed by atoms with Crippen molar-refractivity contribution in [3.8, 4) is 17.1 Å². The lowest BCUT2D eigenvalue weighted by atomic mass is 10.2. The lowest BCUT2D eigenvalue weighted by Gasteiger charge is -2.15. The van der Waals surface area contributed by atoms with E-state index in [4.69, 9.17) is 16.1 Å². The molecule has 3 rings (SSSR count). The maximum Gasteiger partial charge on any atom is 0.573 e. The van der Waals surface area contributed by atoms with E-state index >= 15 is 0 Å². The normalized spacial score (nSPS) is 12.0. The summed E-state index contributed by atoms with van der Waals surface area (Å²) in [6.07, 6.45) is -4.77. The summed E-state index contributed by atoms with van der Waals surface area (Å²) in [5.74, 6) is 0.736. The second kappa shape index (κ2) is 9.49. The molecule has 0 saturated carbocycles. The Morgan fingerprint density at radius 1 is 1.13 bits per heavy atom. The van der Waals surface area contributed by atoms with Crippen LogP contribution in [0.15, 0.2) is 58.0 Å². The summed E-state index contributed by atoms with van der Waals surface area (Å²) in [5, 5.41) is 10.3. The number of nitrogens with one attached hydrogen (secondary N) is 2. The molecule has 0 fully saturated rings. The van der Waals surface area contributed by atoms with Crippen molar-refractivity contribution in [2.45, 2.75) is 19.5 Å². The molecule has 0 atom stereocenters. The second-order valence-corrected chi connectivity index (χ2v) is 6.39. The van der Waals surface area contributed by atoms with Crippen LogP contribution in [-0.2, 0) is 13.1 Å². The number of nitrogens with zero attached hydrogens (tertiary/aromatic N) is 3. The van der Waals surface area contributed by atoms with Gasteiger partial charge < -0.3 is 19.9 Å².